The molecule has 0 aromatic carbocycles. The molecule has 6 nitrogen and oxygen atoms in total. The SMILES string of the molecule is C.C.CC.CC.CCCCOC.CO.COCC1CN1.COCC1CO1. The second kappa shape index (κ2) is 44.3. The molecule has 26 heavy (non-hydrogen) atoms. The second-order valence-electron chi connectivity index (χ2n) is 4.32. The summed E-state index contributed by atoms with van der Waals surface area (Å²) in [5.41, 5.74) is 0. The lowest BCUT2D eigenvalue weighted by Gasteiger charge is -1.89. The smallest absolute Gasteiger partial charge is 0.104 e. The molecule has 2 heterocycles. The minimum atomic E-state index is 0. The molecular formula is C20H53NO5. The molecular weight excluding hydrogens is 334 g/mol. The van der Waals surface area contributed by atoms with E-state index in [2.05, 4.69) is 12.2 Å². The van der Waals surface area contributed by atoms with Crippen LogP contribution in [0.15, 0.2) is 0 Å². The monoisotopic (exact) mass is 387 g/mol. The number of aliphatic hydroxyl groups is 1. The van der Waals surface area contributed by atoms with Gasteiger partial charge in [0.2, 0.25) is 0 Å². The number of epoxide rings is 1. The van der Waals surface area contributed by atoms with E-state index in [4.69, 9.17) is 24.1 Å². The molecule has 2 atom stereocenters. The Hall–Kier alpha value is -0.240. The molecule has 0 spiro atoms. The maximum absolute atomic E-state index is 7.00. The highest BCUT2D eigenvalue weighted by molar-refractivity contribution is 4.81. The second-order valence-corrected chi connectivity index (χ2v) is 4.32. The standard InChI is InChI=1S/C5H12O.C4H9NO.C4H8O2.2C2H6.CH4O.2CH4/c1-3-4-5-6-2;1-6-3-4-2-5-4;1-5-2-4-3-6-4;3*1-2;;/h3-5H2,1-2H3;4-5H,2-3H2,1H3;4H,2-3H2,1H3;2*1-2H3;2H,1H3;2*1H4. The summed E-state index contributed by atoms with van der Waals surface area (Å²) in [5, 5.41) is 10.1. The fourth-order valence-corrected chi connectivity index (χ4v) is 1.04. The maximum Gasteiger partial charge on any atom is 0.104 e. The van der Waals surface area contributed by atoms with Crippen molar-refractivity contribution < 1.29 is 24.1 Å². The molecule has 168 valence electrons. The summed E-state index contributed by atoms with van der Waals surface area (Å²) in [4.78, 5) is 0. The van der Waals surface area contributed by atoms with Gasteiger partial charge in [-0.2, -0.15) is 0 Å². The van der Waals surface area contributed by atoms with Crippen LogP contribution in [0, 0.1) is 0 Å². The van der Waals surface area contributed by atoms with Gasteiger partial charge in [0.1, 0.15) is 6.10 Å². The Kier molecular flexibility index (Phi) is 68.9. The van der Waals surface area contributed by atoms with Crippen molar-refractivity contribution in [2.24, 2.45) is 0 Å². The number of ether oxygens (including phenoxy) is 4. The topological polar surface area (TPSA) is 82.4 Å². The van der Waals surface area contributed by atoms with Crippen molar-refractivity contribution in [3.63, 3.8) is 0 Å². The van der Waals surface area contributed by atoms with E-state index < -0.39 is 0 Å². The van der Waals surface area contributed by atoms with Crippen LogP contribution in [0.4, 0.5) is 0 Å². The summed E-state index contributed by atoms with van der Waals surface area (Å²) in [6.45, 7) is 14.7. The van der Waals surface area contributed by atoms with Crippen molar-refractivity contribution in [2.75, 3.05) is 61.4 Å². The molecule has 2 N–H and O–H groups in total. The third-order valence-corrected chi connectivity index (χ3v) is 2.32. The molecule has 0 saturated carbocycles. The summed E-state index contributed by atoms with van der Waals surface area (Å²) >= 11 is 0. The van der Waals surface area contributed by atoms with Crippen molar-refractivity contribution in [1.82, 2.24) is 5.32 Å². The molecule has 2 aliphatic rings. The minimum absolute atomic E-state index is 0. The molecule has 0 amide bonds. The first-order valence-corrected chi connectivity index (χ1v) is 9.04. The zero-order valence-corrected chi connectivity index (χ0v) is 17.7. The average molecular weight is 388 g/mol. The first-order valence-electron chi connectivity index (χ1n) is 9.04. The lowest BCUT2D eigenvalue weighted by molar-refractivity contribution is 0.171. The number of aliphatic hydroxyl groups excluding tert-OH is 1. The molecule has 2 saturated heterocycles. The number of hydrogen-bond acceptors (Lipinski definition) is 6. The number of methoxy groups -OCH3 is 3. The van der Waals surface area contributed by atoms with Gasteiger partial charge in [0.15, 0.2) is 0 Å². The van der Waals surface area contributed by atoms with E-state index >= 15 is 0 Å². The molecule has 0 radical (unpaired) electrons. The largest absolute Gasteiger partial charge is 0.400 e. The first kappa shape index (κ1) is 40.4. The predicted molar refractivity (Wildman–Crippen MR) is 116 cm³/mol. The first-order chi connectivity index (χ1) is 11.8. The Bertz CT molecular complexity index is 148. The van der Waals surface area contributed by atoms with Crippen LogP contribution in [0.1, 0.15) is 62.3 Å². The predicted octanol–water partition coefficient (Wildman–Crippen LogP) is 4.00. The van der Waals surface area contributed by atoms with E-state index in [1.54, 1.807) is 21.3 Å². The lowest BCUT2D eigenvalue weighted by atomic mass is 10.4. The minimum Gasteiger partial charge on any atom is -0.400 e. The van der Waals surface area contributed by atoms with Crippen LogP contribution in [0.3, 0.4) is 0 Å². The van der Waals surface area contributed by atoms with Gasteiger partial charge in [0.25, 0.3) is 0 Å². The van der Waals surface area contributed by atoms with Crippen LogP contribution < -0.4 is 5.32 Å². The van der Waals surface area contributed by atoms with Crippen molar-refractivity contribution in [3.05, 3.63) is 0 Å². The van der Waals surface area contributed by atoms with Gasteiger partial charge in [-0.05, 0) is 6.42 Å². The molecule has 0 aromatic rings. The van der Waals surface area contributed by atoms with Gasteiger partial charge in [-0.25, -0.2) is 0 Å². The Labute approximate surface area is 166 Å². The van der Waals surface area contributed by atoms with E-state index in [0.29, 0.717) is 12.1 Å². The number of unbranched alkanes of at least 4 members (excludes halogenated alkanes) is 1. The van der Waals surface area contributed by atoms with Gasteiger partial charge in [-0.3, -0.25) is 0 Å². The van der Waals surface area contributed by atoms with E-state index in [9.17, 15) is 0 Å². The highest BCUT2D eigenvalue weighted by Crippen LogP contribution is 2.06. The molecule has 2 rings (SSSR count). The van der Waals surface area contributed by atoms with Gasteiger partial charge in [-0.1, -0.05) is 55.9 Å². The molecule has 2 unspecified atom stereocenters. The molecule has 0 aliphatic carbocycles. The lowest BCUT2D eigenvalue weighted by Crippen LogP contribution is -1.99. The van der Waals surface area contributed by atoms with Gasteiger partial charge < -0.3 is 29.4 Å². The Morgan fingerprint density at radius 3 is 1.46 bits per heavy atom. The summed E-state index contributed by atoms with van der Waals surface area (Å²) in [6.07, 6.45) is 2.85. The fraction of sp³-hybridized carbons (Fsp3) is 1.00. The summed E-state index contributed by atoms with van der Waals surface area (Å²) in [7, 11) is 6.14. The molecule has 0 aromatic heterocycles. The van der Waals surface area contributed by atoms with E-state index in [1.807, 2.05) is 27.7 Å². The van der Waals surface area contributed by atoms with Crippen molar-refractivity contribution >= 4 is 0 Å². The number of rotatable bonds is 7. The molecule has 0 bridgehead atoms. The molecule has 2 fully saturated rings. The Morgan fingerprint density at radius 1 is 0.923 bits per heavy atom. The van der Waals surface area contributed by atoms with E-state index in [0.717, 1.165) is 40.1 Å². The fourth-order valence-electron chi connectivity index (χ4n) is 1.04. The Morgan fingerprint density at radius 2 is 1.35 bits per heavy atom. The van der Waals surface area contributed by atoms with Crippen LogP contribution in [-0.4, -0.2) is 78.7 Å². The van der Waals surface area contributed by atoms with Gasteiger partial charge in [0, 0.05) is 47.6 Å². The molecule has 2 aliphatic heterocycles. The van der Waals surface area contributed by atoms with Crippen molar-refractivity contribution in [3.8, 4) is 0 Å². The maximum atomic E-state index is 7.00. The van der Waals surface area contributed by atoms with Crippen LogP contribution in [-0.2, 0) is 18.9 Å². The van der Waals surface area contributed by atoms with Crippen LogP contribution >= 0.6 is 0 Å². The van der Waals surface area contributed by atoms with Crippen LogP contribution in [0.5, 0.6) is 0 Å². The summed E-state index contributed by atoms with van der Waals surface area (Å²) in [5.74, 6) is 0. The van der Waals surface area contributed by atoms with Crippen LogP contribution in [0.25, 0.3) is 0 Å². The van der Waals surface area contributed by atoms with Gasteiger partial charge in [0.05, 0.1) is 19.8 Å². The van der Waals surface area contributed by atoms with Crippen LogP contribution in [0.2, 0.25) is 0 Å². The van der Waals surface area contributed by atoms with Crippen molar-refractivity contribution in [2.45, 2.75) is 74.5 Å². The number of nitrogens with one attached hydrogen (secondary N) is 1. The van der Waals surface area contributed by atoms with Gasteiger partial charge >= 0.3 is 0 Å². The zero-order chi connectivity index (χ0) is 19.6. The third-order valence-electron chi connectivity index (χ3n) is 2.32. The zero-order valence-electron chi connectivity index (χ0n) is 17.7. The third kappa shape index (κ3) is 56.5. The van der Waals surface area contributed by atoms with Gasteiger partial charge in [-0.15, -0.1) is 0 Å². The normalized spacial score (nSPS) is 16.8. The molecule has 6 heteroatoms. The van der Waals surface area contributed by atoms with E-state index in [-0.39, 0.29) is 14.9 Å². The highest BCUT2D eigenvalue weighted by Gasteiger charge is 2.21. The van der Waals surface area contributed by atoms with Crippen molar-refractivity contribution in [1.29, 1.82) is 0 Å². The average Bonchev–Trinajstić information content (AvgIpc) is 3.57. The highest BCUT2D eigenvalue weighted by atomic mass is 16.6. The quantitative estimate of drug-likeness (QED) is 0.507. The number of hydrogen-bond donors (Lipinski definition) is 2. The Balaban J connectivity index is -0.0000000487. The summed E-state index contributed by atoms with van der Waals surface area (Å²) < 4.78 is 19.2. The van der Waals surface area contributed by atoms with E-state index in [1.165, 1.54) is 12.8 Å². The summed E-state index contributed by atoms with van der Waals surface area (Å²) in [6, 6.07) is 0.676.